The summed E-state index contributed by atoms with van der Waals surface area (Å²) in [6.07, 6.45) is -1.02. The van der Waals surface area contributed by atoms with Crippen molar-refractivity contribution in [1.82, 2.24) is 9.62 Å². The van der Waals surface area contributed by atoms with E-state index in [9.17, 15) is 18.0 Å². The van der Waals surface area contributed by atoms with Gasteiger partial charge in [-0.3, -0.25) is 9.69 Å². The molecule has 0 aromatic heterocycles. The summed E-state index contributed by atoms with van der Waals surface area (Å²) >= 11 is 0. The Morgan fingerprint density at radius 1 is 1.32 bits per heavy atom. The van der Waals surface area contributed by atoms with Gasteiger partial charge >= 0.3 is 12.1 Å². The summed E-state index contributed by atoms with van der Waals surface area (Å²) in [7, 11) is -2.94. The Labute approximate surface area is 146 Å². The molecule has 0 bridgehead atoms. The van der Waals surface area contributed by atoms with Gasteiger partial charge in [-0.15, -0.1) is 0 Å². The number of methoxy groups -OCH3 is 1. The fourth-order valence-electron chi connectivity index (χ4n) is 2.71. The molecule has 0 saturated carbocycles. The van der Waals surface area contributed by atoms with Crippen LogP contribution in [0.3, 0.4) is 0 Å². The van der Waals surface area contributed by atoms with Crippen molar-refractivity contribution < 1.29 is 27.5 Å². The van der Waals surface area contributed by atoms with E-state index in [1.165, 1.54) is 7.11 Å². The Kier molecular flexibility index (Phi) is 6.34. The lowest BCUT2D eigenvalue weighted by atomic mass is 9.95. The minimum Gasteiger partial charge on any atom is -0.469 e. The SMILES string of the molecule is COC(=O)C1CCCN(C(=O)OCc2ccccc2)C1NS(N)(=O)=O. The standard InChI is InChI=1S/C15H21N3O6S/c1-23-14(19)12-8-5-9-18(13(12)17-25(16,21)22)15(20)24-10-11-6-3-2-4-7-11/h2-4,6-7,12-13,17H,5,8-10H2,1H3,(H2,16,21,22). The highest BCUT2D eigenvalue weighted by Gasteiger charge is 2.41. The van der Waals surface area contributed by atoms with Crippen molar-refractivity contribution in [3.05, 3.63) is 35.9 Å². The van der Waals surface area contributed by atoms with Crippen molar-refractivity contribution >= 4 is 22.3 Å². The lowest BCUT2D eigenvalue weighted by molar-refractivity contribution is -0.149. The number of likely N-dealkylation sites (tertiary alicyclic amines) is 1. The lowest BCUT2D eigenvalue weighted by Crippen LogP contribution is -2.60. The number of rotatable bonds is 5. The molecule has 2 rings (SSSR count). The van der Waals surface area contributed by atoms with Crippen molar-refractivity contribution in [3.8, 4) is 0 Å². The van der Waals surface area contributed by atoms with Crippen molar-refractivity contribution in [1.29, 1.82) is 0 Å². The van der Waals surface area contributed by atoms with Gasteiger partial charge < -0.3 is 9.47 Å². The van der Waals surface area contributed by atoms with Gasteiger partial charge in [0.25, 0.3) is 10.2 Å². The number of nitrogens with one attached hydrogen (secondary N) is 1. The summed E-state index contributed by atoms with van der Waals surface area (Å²) < 4.78 is 34.9. The number of ether oxygens (including phenoxy) is 2. The Bertz CT molecular complexity index is 709. The van der Waals surface area contributed by atoms with Crippen LogP contribution in [0.15, 0.2) is 30.3 Å². The maximum Gasteiger partial charge on any atom is 0.411 e. The molecule has 1 amide bonds. The molecule has 1 aliphatic rings. The molecule has 1 aliphatic heterocycles. The molecule has 25 heavy (non-hydrogen) atoms. The van der Waals surface area contributed by atoms with Crippen LogP contribution in [0.2, 0.25) is 0 Å². The van der Waals surface area contributed by atoms with Gasteiger partial charge in [0.1, 0.15) is 12.8 Å². The highest BCUT2D eigenvalue weighted by Crippen LogP contribution is 2.24. The number of piperidine rings is 1. The van der Waals surface area contributed by atoms with Crippen LogP contribution in [0.25, 0.3) is 0 Å². The zero-order valence-electron chi connectivity index (χ0n) is 13.8. The predicted molar refractivity (Wildman–Crippen MR) is 88.1 cm³/mol. The summed E-state index contributed by atoms with van der Waals surface area (Å²) in [6.45, 7) is 0.259. The maximum atomic E-state index is 12.4. The molecule has 3 N–H and O–H groups in total. The number of amides is 1. The van der Waals surface area contributed by atoms with Crippen LogP contribution < -0.4 is 9.86 Å². The van der Waals surface area contributed by atoms with E-state index >= 15 is 0 Å². The fourth-order valence-corrected chi connectivity index (χ4v) is 3.34. The Hall–Kier alpha value is -2.17. The predicted octanol–water partition coefficient (Wildman–Crippen LogP) is 0.327. The normalized spacial score (nSPS) is 20.8. The zero-order valence-corrected chi connectivity index (χ0v) is 14.6. The smallest absolute Gasteiger partial charge is 0.411 e. The van der Waals surface area contributed by atoms with E-state index < -0.39 is 34.4 Å². The summed E-state index contributed by atoms with van der Waals surface area (Å²) in [5.74, 6) is -1.48. The minimum atomic E-state index is -4.14. The Morgan fingerprint density at radius 3 is 2.60 bits per heavy atom. The number of hydrogen-bond acceptors (Lipinski definition) is 6. The number of carbonyl (C=O) groups excluding carboxylic acids is 2. The molecule has 1 aromatic rings. The van der Waals surface area contributed by atoms with E-state index in [1.54, 1.807) is 12.1 Å². The van der Waals surface area contributed by atoms with Crippen LogP contribution in [-0.2, 0) is 31.1 Å². The Morgan fingerprint density at radius 2 is 2.00 bits per heavy atom. The number of nitrogens with zero attached hydrogens (tertiary/aromatic N) is 1. The van der Waals surface area contributed by atoms with Crippen LogP contribution in [0.5, 0.6) is 0 Å². The fraction of sp³-hybridized carbons (Fsp3) is 0.467. The van der Waals surface area contributed by atoms with Gasteiger partial charge in [0.05, 0.1) is 13.0 Å². The molecule has 1 heterocycles. The van der Waals surface area contributed by atoms with Crippen molar-refractivity contribution in [2.75, 3.05) is 13.7 Å². The molecule has 1 saturated heterocycles. The molecule has 1 fully saturated rings. The largest absolute Gasteiger partial charge is 0.469 e. The molecule has 138 valence electrons. The molecule has 0 aliphatic carbocycles. The van der Waals surface area contributed by atoms with Crippen LogP contribution in [0, 0.1) is 5.92 Å². The maximum absolute atomic E-state index is 12.4. The molecule has 10 heteroatoms. The summed E-state index contributed by atoms with van der Waals surface area (Å²) in [5, 5.41) is 5.03. The van der Waals surface area contributed by atoms with Crippen LogP contribution in [0.1, 0.15) is 18.4 Å². The van der Waals surface area contributed by atoms with E-state index in [2.05, 4.69) is 4.72 Å². The first-order chi connectivity index (χ1) is 11.8. The second-order valence-electron chi connectivity index (χ2n) is 5.61. The van der Waals surface area contributed by atoms with E-state index in [0.717, 1.165) is 10.5 Å². The summed E-state index contributed by atoms with van der Waals surface area (Å²) in [4.78, 5) is 25.5. The quantitative estimate of drug-likeness (QED) is 0.718. The molecule has 0 radical (unpaired) electrons. The lowest BCUT2D eigenvalue weighted by Gasteiger charge is -2.38. The second-order valence-corrected chi connectivity index (χ2v) is 6.94. The summed E-state index contributed by atoms with van der Waals surface area (Å²) in [5.41, 5.74) is 0.785. The van der Waals surface area contributed by atoms with Crippen molar-refractivity contribution in [2.45, 2.75) is 25.6 Å². The molecular formula is C15H21N3O6S. The first kappa shape index (κ1) is 19.2. The third-order valence-corrected chi connectivity index (χ3v) is 4.43. The zero-order chi connectivity index (χ0) is 18.4. The van der Waals surface area contributed by atoms with E-state index in [-0.39, 0.29) is 13.2 Å². The number of carbonyl (C=O) groups is 2. The highest BCUT2D eigenvalue weighted by molar-refractivity contribution is 7.87. The summed E-state index contributed by atoms with van der Waals surface area (Å²) in [6, 6.07) is 9.04. The van der Waals surface area contributed by atoms with Gasteiger partial charge in [-0.25, -0.2) is 9.93 Å². The van der Waals surface area contributed by atoms with E-state index in [1.807, 2.05) is 18.2 Å². The van der Waals surface area contributed by atoms with Crippen LogP contribution >= 0.6 is 0 Å². The first-order valence-electron chi connectivity index (χ1n) is 7.67. The first-order valence-corrected chi connectivity index (χ1v) is 9.21. The van der Waals surface area contributed by atoms with Gasteiger partial charge in [0, 0.05) is 6.54 Å². The number of hydrogen-bond donors (Lipinski definition) is 2. The van der Waals surface area contributed by atoms with E-state index in [0.29, 0.717) is 12.8 Å². The Balaban J connectivity index is 2.13. The average Bonchev–Trinajstić information content (AvgIpc) is 2.58. The number of esters is 1. The monoisotopic (exact) mass is 371 g/mol. The number of nitrogens with two attached hydrogens (primary N) is 1. The van der Waals surface area contributed by atoms with Crippen molar-refractivity contribution in [2.24, 2.45) is 11.1 Å². The highest BCUT2D eigenvalue weighted by atomic mass is 32.2. The molecule has 9 nitrogen and oxygen atoms in total. The molecule has 2 atom stereocenters. The molecular weight excluding hydrogens is 350 g/mol. The second kappa shape index (κ2) is 8.28. The minimum absolute atomic E-state index is 0.0289. The molecule has 2 unspecified atom stereocenters. The third kappa shape index (κ3) is 5.41. The third-order valence-electron chi connectivity index (χ3n) is 3.86. The molecule has 1 aromatic carbocycles. The van der Waals surface area contributed by atoms with Crippen LogP contribution in [0.4, 0.5) is 4.79 Å². The van der Waals surface area contributed by atoms with E-state index in [4.69, 9.17) is 14.6 Å². The average molecular weight is 371 g/mol. The van der Waals surface area contributed by atoms with Gasteiger partial charge in [0.2, 0.25) is 0 Å². The molecule has 0 spiro atoms. The van der Waals surface area contributed by atoms with Gasteiger partial charge in [-0.05, 0) is 18.4 Å². The van der Waals surface area contributed by atoms with Gasteiger partial charge in [-0.1, -0.05) is 30.3 Å². The van der Waals surface area contributed by atoms with Gasteiger partial charge in [-0.2, -0.15) is 13.1 Å². The topological polar surface area (TPSA) is 128 Å². The van der Waals surface area contributed by atoms with Crippen molar-refractivity contribution in [3.63, 3.8) is 0 Å². The number of benzene rings is 1. The van der Waals surface area contributed by atoms with Gasteiger partial charge in [0.15, 0.2) is 0 Å². The van der Waals surface area contributed by atoms with Crippen LogP contribution in [-0.4, -0.2) is 45.2 Å².